The van der Waals surface area contributed by atoms with Crippen molar-refractivity contribution in [2.75, 3.05) is 0 Å². The van der Waals surface area contributed by atoms with Crippen LogP contribution in [0.1, 0.15) is 34.1 Å². The lowest BCUT2D eigenvalue weighted by Gasteiger charge is -2.10. The van der Waals surface area contributed by atoms with Gasteiger partial charge in [-0.05, 0) is 43.2 Å². The molecule has 0 aliphatic rings. The zero-order valence-corrected chi connectivity index (χ0v) is 17.4. The Morgan fingerprint density at radius 3 is 2.50 bits per heavy atom. The molecule has 0 aliphatic carbocycles. The second-order valence-electron chi connectivity index (χ2n) is 6.85. The monoisotopic (exact) mass is 426 g/mol. The molecular weight excluding hydrogens is 404 g/mol. The largest absolute Gasteiger partial charge is 0.348 e. The van der Waals surface area contributed by atoms with Crippen LogP contribution < -0.4 is 16.0 Å². The highest BCUT2D eigenvalue weighted by Crippen LogP contribution is 2.22. The number of primary sulfonamides is 1. The third kappa shape index (κ3) is 4.81. The Balaban J connectivity index is 1.78. The lowest BCUT2D eigenvalue weighted by molar-refractivity contribution is 0.0950. The summed E-state index contributed by atoms with van der Waals surface area (Å²) in [6.07, 6.45) is 3.70. The Morgan fingerprint density at radius 1 is 1.17 bits per heavy atom. The molecule has 9 heteroatoms. The maximum atomic E-state index is 12.6. The molecule has 2 heterocycles. The molecule has 156 valence electrons. The number of hydrogen-bond acceptors (Lipinski definition) is 5. The fourth-order valence-corrected chi connectivity index (χ4v) is 3.54. The quantitative estimate of drug-likeness (QED) is 0.553. The number of nitrogens with two attached hydrogens (primary N) is 1. The molecule has 0 unspecified atom stereocenters. The molecule has 0 saturated heterocycles. The van der Waals surface area contributed by atoms with Crippen molar-refractivity contribution >= 4 is 15.9 Å². The molecule has 0 saturated carbocycles. The maximum absolute atomic E-state index is 12.6. The summed E-state index contributed by atoms with van der Waals surface area (Å²) in [5.41, 5.74) is 3.88. The average Bonchev–Trinajstić information content (AvgIpc) is 2.72. The number of nitrogens with zero attached hydrogens (tertiary/aromatic N) is 1. The summed E-state index contributed by atoms with van der Waals surface area (Å²) in [6, 6.07) is 9.49. The van der Waals surface area contributed by atoms with Gasteiger partial charge in [0, 0.05) is 41.3 Å². The molecule has 0 aliphatic heterocycles. The minimum Gasteiger partial charge on any atom is -0.348 e. The van der Waals surface area contributed by atoms with Crippen molar-refractivity contribution < 1.29 is 13.2 Å². The molecule has 3 rings (SSSR count). The molecule has 1 aromatic carbocycles. The topological polar surface area (TPSA) is 135 Å². The number of carbonyl (C=O) groups is 1. The van der Waals surface area contributed by atoms with E-state index in [2.05, 4.69) is 15.3 Å². The molecule has 0 radical (unpaired) electrons. The van der Waals surface area contributed by atoms with Crippen LogP contribution in [0, 0.1) is 6.92 Å². The van der Waals surface area contributed by atoms with Gasteiger partial charge in [0.2, 0.25) is 10.0 Å². The SMILES string of the molecule is CCc1cc(-c2cncc(C(=O)NCc3ccc(S(N)(=O)=O)cc3)c2)c(C)[nH]c1=O. The van der Waals surface area contributed by atoms with E-state index < -0.39 is 10.0 Å². The van der Waals surface area contributed by atoms with Gasteiger partial charge in [-0.3, -0.25) is 14.6 Å². The van der Waals surface area contributed by atoms with Crippen LogP contribution in [0.15, 0.2) is 58.5 Å². The van der Waals surface area contributed by atoms with Gasteiger partial charge in [0.15, 0.2) is 0 Å². The number of pyridine rings is 2. The van der Waals surface area contributed by atoms with Crippen molar-refractivity contribution in [1.29, 1.82) is 0 Å². The van der Waals surface area contributed by atoms with Crippen LogP contribution in [0.25, 0.3) is 11.1 Å². The minimum absolute atomic E-state index is 0.0113. The predicted octanol–water partition coefficient (Wildman–Crippen LogP) is 1.89. The number of sulfonamides is 1. The van der Waals surface area contributed by atoms with E-state index in [0.29, 0.717) is 23.2 Å². The fourth-order valence-electron chi connectivity index (χ4n) is 3.02. The lowest BCUT2D eigenvalue weighted by atomic mass is 10.0. The van der Waals surface area contributed by atoms with Crippen LogP contribution in [0.2, 0.25) is 0 Å². The summed E-state index contributed by atoms with van der Waals surface area (Å²) in [7, 11) is -3.75. The highest BCUT2D eigenvalue weighted by Gasteiger charge is 2.12. The number of nitrogens with one attached hydrogen (secondary N) is 2. The predicted molar refractivity (Wildman–Crippen MR) is 113 cm³/mol. The first kappa shape index (κ1) is 21.4. The minimum atomic E-state index is -3.75. The van der Waals surface area contributed by atoms with E-state index in [9.17, 15) is 18.0 Å². The first-order valence-electron chi connectivity index (χ1n) is 9.27. The Bertz CT molecular complexity index is 1250. The number of H-pyrrole nitrogens is 1. The van der Waals surface area contributed by atoms with Crippen LogP contribution in [-0.2, 0) is 23.0 Å². The Kier molecular flexibility index (Phi) is 6.14. The second-order valence-corrected chi connectivity index (χ2v) is 8.41. The van der Waals surface area contributed by atoms with Crippen LogP contribution in [0.3, 0.4) is 0 Å². The van der Waals surface area contributed by atoms with Crippen LogP contribution >= 0.6 is 0 Å². The van der Waals surface area contributed by atoms with E-state index in [4.69, 9.17) is 5.14 Å². The van der Waals surface area contributed by atoms with E-state index in [1.165, 1.54) is 18.3 Å². The van der Waals surface area contributed by atoms with Gasteiger partial charge >= 0.3 is 0 Å². The first-order chi connectivity index (χ1) is 14.2. The molecular formula is C21H22N4O4S. The number of hydrogen-bond donors (Lipinski definition) is 3. The molecule has 1 amide bonds. The highest BCUT2D eigenvalue weighted by atomic mass is 32.2. The highest BCUT2D eigenvalue weighted by molar-refractivity contribution is 7.89. The number of rotatable bonds is 6. The first-order valence-corrected chi connectivity index (χ1v) is 10.8. The standard InChI is InChI=1S/C21H22N4O4S/c1-3-15-9-19(13(2)25-21(15)27)16-8-17(12-23-11-16)20(26)24-10-14-4-6-18(7-5-14)30(22,28)29/h4-9,11-12H,3,10H2,1-2H3,(H,24,26)(H,25,27)(H2,22,28,29). The maximum Gasteiger partial charge on any atom is 0.253 e. The van der Waals surface area contributed by atoms with Gasteiger partial charge in [-0.1, -0.05) is 19.1 Å². The van der Waals surface area contributed by atoms with E-state index in [-0.39, 0.29) is 22.9 Å². The summed E-state index contributed by atoms with van der Waals surface area (Å²) >= 11 is 0. The third-order valence-electron chi connectivity index (χ3n) is 4.71. The third-order valence-corrected chi connectivity index (χ3v) is 5.64. The summed E-state index contributed by atoms with van der Waals surface area (Å²) in [4.78, 5) is 31.5. The van der Waals surface area contributed by atoms with Crippen molar-refractivity contribution in [3.63, 3.8) is 0 Å². The smallest absolute Gasteiger partial charge is 0.253 e. The Hall–Kier alpha value is -3.30. The summed E-state index contributed by atoms with van der Waals surface area (Å²) in [6.45, 7) is 3.92. The zero-order chi connectivity index (χ0) is 21.9. The van der Waals surface area contributed by atoms with Crippen molar-refractivity contribution in [1.82, 2.24) is 15.3 Å². The zero-order valence-electron chi connectivity index (χ0n) is 16.6. The molecule has 2 aromatic heterocycles. The molecule has 0 atom stereocenters. The van der Waals surface area contributed by atoms with Crippen molar-refractivity contribution in [2.24, 2.45) is 5.14 Å². The van der Waals surface area contributed by atoms with E-state index >= 15 is 0 Å². The molecule has 30 heavy (non-hydrogen) atoms. The van der Waals surface area contributed by atoms with Gasteiger partial charge in [-0.25, -0.2) is 13.6 Å². The fraction of sp³-hybridized carbons (Fsp3) is 0.190. The summed E-state index contributed by atoms with van der Waals surface area (Å²) in [5.74, 6) is -0.322. The van der Waals surface area contributed by atoms with Gasteiger partial charge in [0.25, 0.3) is 11.5 Å². The van der Waals surface area contributed by atoms with Gasteiger partial charge < -0.3 is 10.3 Å². The number of aryl methyl sites for hydroxylation is 2. The molecule has 0 spiro atoms. The van der Waals surface area contributed by atoms with Gasteiger partial charge in [0.1, 0.15) is 0 Å². The molecule has 8 nitrogen and oxygen atoms in total. The molecule has 4 N–H and O–H groups in total. The number of aromatic amines is 1. The number of aromatic nitrogens is 2. The number of carbonyl (C=O) groups excluding carboxylic acids is 1. The Labute approximate surface area is 174 Å². The normalized spacial score (nSPS) is 11.3. The van der Waals surface area contributed by atoms with E-state index in [1.807, 2.05) is 13.0 Å². The lowest BCUT2D eigenvalue weighted by Crippen LogP contribution is -2.23. The Morgan fingerprint density at radius 2 is 1.87 bits per heavy atom. The summed E-state index contributed by atoms with van der Waals surface area (Å²) < 4.78 is 22.6. The van der Waals surface area contributed by atoms with Crippen LogP contribution in [0.4, 0.5) is 0 Å². The second kappa shape index (κ2) is 8.60. The molecule has 0 fully saturated rings. The van der Waals surface area contributed by atoms with Gasteiger partial charge in [-0.15, -0.1) is 0 Å². The van der Waals surface area contributed by atoms with E-state index in [0.717, 1.165) is 16.7 Å². The van der Waals surface area contributed by atoms with Crippen molar-refractivity contribution in [3.05, 3.63) is 81.5 Å². The van der Waals surface area contributed by atoms with Crippen molar-refractivity contribution in [3.8, 4) is 11.1 Å². The van der Waals surface area contributed by atoms with Gasteiger partial charge in [0.05, 0.1) is 10.5 Å². The number of benzene rings is 1. The molecule has 3 aromatic rings. The van der Waals surface area contributed by atoms with Crippen LogP contribution in [0.5, 0.6) is 0 Å². The van der Waals surface area contributed by atoms with Crippen LogP contribution in [-0.4, -0.2) is 24.3 Å². The van der Waals surface area contributed by atoms with Crippen molar-refractivity contribution in [2.45, 2.75) is 31.7 Å². The average molecular weight is 426 g/mol. The summed E-state index contributed by atoms with van der Waals surface area (Å²) in [5, 5.41) is 7.86. The molecule has 0 bridgehead atoms. The number of amides is 1. The van der Waals surface area contributed by atoms with Gasteiger partial charge in [-0.2, -0.15) is 0 Å². The van der Waals surface area contributed by atoms with E-state index in [1.54, 1.807) is 31.3 Å².